The minimum Gasteiger partial charge on any atom is -0.393 e. The second kappa shape index (κ2) is 11.7. The largest absolute Gasteiger partial charge is 0.393 e. The maximum Gasteiger partial charge on any atom is 0.256 e. The van der Waals surface area contributed by atoms with E-state index in [4.69, 9.17) is 4.74 Å². The second-order valence-electron chi connectivity index (χ2n) is 10.8. The van der Waals surface area contributed by atoms with Crippen LogP contribution in [-0.4, -0.2) is 79.0 Å². The fourth-order valence-corrected chi connectivity index (χ4v) is 6.47. The number of anilines is 3. The lowest BCUT2D eigenvalue weighted by molar-refractivity contribution is -0.0168. The molecule has 0 amide bonds. The Labute approximate surface area is 238 Å². The van der Waals surface area contributed by atoms with E-state index in [-0.39, 0.29) is 23.5 Å². The number of ether oxygens (including phenoxy) is 1. The SMILES string of the molecule is O=S(=O)(C1CC1)n1cc(-c2nccc(Nc3cc(NC4CCC(O)CC4)c(C#C[C@@H]4C[C@@H](O)CCO4)cn3)n2)cn1. The molecule has 3 fully saturated rings. The lowest BCUT2D eigenvalue weighted by atomic mass is 9.93. The van der Waals surface area contributed by atoms with Gasteiger partial charge in [-0.15, -0.1) is 0 Å². The van der Waals surface area contributed by atoms with Crippen LogP contribution in [0.5, 0.6) is 0 Å². The molecular formula is C28H33N7O5S. The molecule has 3 aromatic rings. The molecule has 1 aliphatic heterocycles. The highest BCUT2D eigenvalue weighted by molar-refractivity contribution is 7.90. The van der Waals surface area contributed by atoms with Gasteiger partial charge in [-0.25, -0.2) is 23.4 Å². The van der Waals surface area contributed by atoms with Crippen LogP contribution in [-0.2, 0) is 14.8 Å². The van der Waals surface area contributed by atoms with E-state index < -0.39 is 16.1 Å². The summed E-state index contributed by atoms with van der Waals surface area (Å²) in [6.07, 6.45) is 10.7. The van der Waals surface area contributed by atoms with Gasteiger partial charge in [-0.1, -0.05) is 11.8 Å². The van der Waals surface area contributed by atoms with E-state index in [0.29, 0.717) is 60.9 Å². The minimum absolute atomic E-state index is 0.191. The van der Waals surface area contributed by atoms with Crippen molar-refractivity contribution >= 4 is 27.3 Å². The van der Waals surface area contributed by atoms with E-state index >= 15 is 0 Å². The molecule has 2 aliphatic carbocycles. The third-order valence-corrected chi connectivity index (χ3v) is 9.56. The van der Waals surface area contributed by atoms with Crippen LogP contribution in [0, 0.1) is 11.8 Å². The Balaban J connectivity index is 1.22. The summed E-state index contributed by atoms with van der Waals surface area (Å²) >= 11 is 0. The third kappa shape index (κ3) is 6.68. The Morgan fingerprint density at radius 2 is 1.83 bits per heavy atom. The normalized spacial score (nSPS) is 24.7. The smallest absolute Gasteiger partial charge is 0.256 e. The number of aliphatic hydroxyl groups excluding tert-OH is 2. The van der Waals surface area contributed by atoms with Crippen LogP contribution in [0.4, 0.5) is 17.3 Å². The Morgan fingerprint density at radius 1 is 1.00 bits per heavy atom. The summed E-state index contributed by atoms with van der Waals surface area (Å²) in [6.45, 7) is 0.481. The lowest BCUT2D eigenvalue weighted by Gasteiger charge is -2.27. The van der Waals surface area contributed by atoms with Crippen LogP contribution in [0.3, 0.4) is 0 Å². The van der Waals surface area contributed by atoms with E-state index in [0.717, 1.165) is 35.5 Å². The summed E-state index contributed by atoms with van der Waals surface area (Å²) in [7, 11) is -3.48. The monoisotopic (exact) mass is 579 g/mol. The molecule has 0 unspecified atom stereocenters. The van der Waals surface area contributed by atoms with Gasteiger partial charge in [-0.05, 0) is 51.0 Å². The zero-order chi connectivity index (χ0) is 28.4. The lowest BCUT2D eigenvalue weighted by Crippen LogP contribution is -2.28. The number of hydrogen-bond donors (Lipinski definition) is 4. The first-order chi connectivity index (χ1) is 19.8. The molecule has 13 heteroatoms. The average Bonchev–Trinajstić information content (AvgIpc) is 3.71. The topological polar surface area (TPSA) is 164 Å². The summed E-state index contributed by atoms with van der Waals surface area (Å²) < 4.78 is 31.7. The van der Waals surface area contributed by atoms with Gasteiger partial charge in [0.05, 0.1) is 53.3 Å². The molecule has 6 rings (SSSR count). The molecule has 216 valence electrons. The number of nitrogens with one attached hydrogen (secondary N) is 2. The standard InChI is InChI=1S/C28H33N7O5S/c36-21-4-2-20(3-5-21)32-25-14-27(30-15-18(25)1-6-23-13-22(37)10-12-40-23)33-26-9-11-29-28(34-26)19-16-31-35(17-19)41(38,39)24-7-8-24/h9,11,14-17,20-24,36-37H,2-5,7-8,10,12-13H2,(H2,29,30,32,33,34)/t20?,21?,22-,23+/m0/s1. The van der Waals surface area contributed by atoms with Crippen molar-refractivity contribution in [2.75, 3.05) is 17.2 Å². The van der Waals surface area contributed by atoms with Crippen molar-refractivity contribution in [1.82, 2.24) is 24.1 Å². The molecule has 4 heterocycles. The van der Waals surface area contributed by atoms with Crippen LogP contribution < -0.4 is 10.6 Å². The van der Waals surface area contributed by atoms with Crippen molar-refractivity contribution in [3.8, 4) is 23.2 Å². The third-order valence-electron chi connectivity index (χ3n) is 7.52. The molecular weight excluding hydrogens is 546 g/mol. The van der Waals surface area contributed by atoms with Gasteiger partial charge in [-0.3, -0.25) is 0 Å². The highest BCUT2D eigenvalue weighted by Crippen LogP contribution is 2.31. The Bertz CT molecular complexity index is 1550. The molecule has 4 N–H and O–H groups in total. The van der Waals surface area contributed by atoms with Crippen molar-refractivity contribution < 1.29 is 23.4 Å². The van der Waals surface area contributed by atoms with Crippen molar-refractivity contribution in [3.63, 3.8) is 0 Å². The molecule has 3 aromatic heterocycles. The summed E-state index contributed by atoms with van der Waals surface area (Å²) in [5.41, 5.74) is 2.00. The molecule has 0 radical (unpaired) electrons. The number of pyridine rings is 1. The first-order valence-corrected chi connectivity index (χ1v) is 15.5. The van der Waals surface area contributed by atoms with E-state index in [1.165, 1.54) is 12.4 Å². The predicted molar refractivity (Wildman–Crippen MR) is 152 cm³/mol. The maximum absolute atomic E-state index is 12.5. The first kappa shape index (κ1) is 27.6. The Kier molecular flexibility index (Phi) is 7.90. The molecule has 12 nitrogen and oxygen atoms in total. The fourth-order valence-electron chi connectivity index (χ4n) is 5.00. The first-order valence-electron chi connectivity index (χ1n) is 14.0. The highest BCUT2D eigenvalue weighted by Gasteiger charge is 2.37. The van der Waals surface area contributed by atoms with E-state index in [9.17, 15) is 18.6 Å². The molecule has 2 saturated carbocycles. The number of rotatable bonds is 7. The zero-order valence-electron chi connectivity index (χ0n) is 22.5. The Hall–Kier alpha value is -3.57. The zero-order valence-corrected chi connectivity index (χ0v) is 23.3. The van der Waals surface area contributed by atoms with Gasteiger partial charge in [0.2, 0.25) is 0 Å². The predicted octanol–water partition coefficient (Wildman–Crippen LogP) is 2.43. The number of hydrogen-bond acceptors (Lipinski definition) is 11. The van der Waals surface area contributed by atoms with Gasteiger partial charge >= 0.3 is 0 Å². The van der Waals surface area contributed by atoms with Crippen LogP contribution in [0.2, 0.25) is 0 Å². The quantitative estimate of drug-likeness (QED) is 0.304. The molecule has 1 saturated heterocycles. The van der Waals surface area contributed by atoms with Crippen LogP contribution in [0.15, 0.2) is 36.9 Å². The molecule has 0 bridgehead atoms. The summed E-state index contributed by atoms with van der Waals surface area (Å²) in [5.74, 6) is 7.66. The van der Waals surface area contributed by atoms with Gasteiger partial charge < -0.3 is 25.6 Å². The van der Waals surface area contributed by atoms with Crippen molar-refractivity contribution in [2.45, 2.75) is 81.0 Å². The number of nitrogens with zero attached hydrogens (tertiary/aromatic N) is 5. The fraction of sp³-hybridized carbons (Fsp3) is 0.500. The molecule has 0 aromatic carbocycles. The molecule has 41 heavy (non-hydrogen) atoms. The van der Waals surface area contributed by atoms with Gasteiger partial charge in [0, 0.05) is 30.9 Å². The van der Waals surface area contributed by atoms with Crippen molar-refractivity contribution in [2.24, 2.45) is 0 Å². The van der Waals surface area contributed by atoms with E-state index in [1.54, 1.807) is 18.5 Å². The summed E-state index contributed by atoms with van der Waals surface area (Å²) in [6, 6.07) is 3.76. The molecule has 0 spiro atoms. The molecule has 2 atom stereocenters. The van der Waals surface area contributed by atoms with Gasteiger partial charge in [-0.2, -0.15) is 9.19 Å². The Morgan fingerprint density at radius 3 is 2.61 bits per heavy atom. The molecule has 3 aliphatic rings. The second-order valence-corrected chi connectivity index (χ2v) is 12.9. The van der Waals surface area contributed by atoms with Gasteiger partial charge in [0.15, 0.2) is 5.82 Å². The highest BCUT2D eigenvalue weighted by atomic mass is 32.2. The van der Waals surface area contributed by atoms with Crippen LogP contribution >= 0.6 is 0 Å². The van der Waals surface area contributed by atoms with Crippen molar-refractivity contribution in [1.29, 1.82) is 0 Å². The summed E-state index contributed by atoms with van der Waals surface area (Å²) in [4.78, 5) is 13.4. The van der Waals surface area contributed by atoms with Crippen molar-refractivity contribution in [3.05, 3.63) is 42.5 Å². The van der Waals surface area contributed by atoms with E-state index in [2.05, 4.69) is 42.5 Å². The minimum atomic E-state index is -3.48. The van der Waals surface area contributed by atoms with Crippen LogP contribution in [0.25, 0.3) is 11.4 Å². The number of aromatic nitrogens is 5. The average molecular weight is 580 g/mol. The number of aliphatic hydroxyl groups is 2. The van der Waals surface area contributed by atoms with Gasteiger partial charge in [0.25, 0.3) is 10.0 Å². The summed E-state index contributed by atoms with van der Waals surface area (Å²) in [5, 5.41) is 30.3. The van der Waals surface area contributed by atoms with Crippen LogP contribution in [0.1, 0.15) is 56.9 Å². The maximum atomic E-state index is 12.5. The van der Waals surface area contributed by atoms with Gasteiger partial charge in [0.1, 0.15) is 17.7 Å². The van der Waals surface area contributed by atoms with E-state index in [1.807, 2.05) is 6.07 Å².